The van der Waals surface area contributed by atoms with Crippen LogP contribution in [0.2, 0.25) is 0 Å². The van der Waals surface area contributed by atoms with Gasteiger partial charge in [-0.2, -0.15) is 0 Å². The summed E-state index contributed by atoms with van der Waals surface area (Å²) in [4.78, 5) is 8.72. The van der Waals surface area contributed by atoms with Crippen molar-refractivity contribution in [3.63, 3.8) is 0 Å². The summed E-state index contributed by atoms with van der Waals surface area (Å²) in [5, 5.41) is 3.41. The van der Waals surface area contributed by atoms with Gasteiger partial charge in [-0.15, -0.1) is 24.0 Å². The molecular formula is C20H32FIN4O2. The van der Waals surface area contributed by atoms with Gasteiger partial charge in [-0.25, -0.2) is 4.39 Å². The molecule has 3 rings (SSSR count). The van der Waals surface area contributed by atoms with Crippen molar-refractivity contribution in [2.75, 3.05) is 71.1 Å². The number of benzene rings is 1. The number of rotatable bonds is 7. The van der Waals surface area contributed by atoms with Crippen LogP contribution in [0.3, 0.4) is 0 Å². The molecule has 158 valence electrons. The van der Waals surface area contributed by atoms with Gasteiger partial charge in [-0.05, 0) is 25.0 Å². The lowest BCUT2D eigenvalue weighted by Crippen LogP contribution is -2.52. The Morgan fingerprint density at radius 1 is 1.29 bits per heavy atom. The van der Waals surface area contributed by atoms with Gasteiger partial charge in [0.05, 0.1) is 18.9 Å². The summed E-state index contributed by atoms with van der Waals surface area (Å²) in [5.41, 5.74) is 0.685. The number of para-hydroxylation sites is 1. The zero-order valence-electron chi connectivity index (χ0n) is 16.6. The molecule has 1 N–H and O–H groups in total. The van der Waals surface area contributed by atoms with E-state index in [0.717, 1.165) is 78.0 Å². The van der Waals surface area contributed by atoms with Crippen LogP contribution in [-0.2, 0) is 9.47 Å². The van der Waals surface area contributed by atoms with E-state index in [2.05, 4.69) is 20.1 Å². The van der Waals surface area contributed by atoms with Crippen LogP contribution in [0.4, 0.5) is 10.1 Å². The molecule has 1 unspecified atom stereocenters. The third kappa shape index (κ3) is 6.73. The average molecular weight is 506 g/mol. The van der Waals surface area contributed by atoms with Crippen molar-refractivity contribution >= 4 is 35.6 Å². The number of piperazine rings is 1. The van der Waals surface area contributed by atoms with E-state index in [-0.39, 0.29) is 29.8 Å². The molecule has 0 amide bonds. The second-order valence-electron chi connectivity index (χ2n) is 7.06. The molecule has 1 aromatic carbocycles. The molecule has 0 radical (unpaired) electrons. The first-order valence-corrected chi connectivity index (χ1v) is 9.88. The van der Waals surface area contributed by atoms with Crippen molar-refractivity contribution < 1.29 is 13.9 Å². The van der Waals surface area contributed by atoms with Gasteiger partial charge in [0, 0.05) is 58.9 Å². The molecule has 0 spiro atoms. The molecule has 0 aromatic heterocycles. The maximum Gasteiger partial charge on any atom is 0.193 e. The molecule has 2 saturated heterocycles. The Morgan fingerprint density at radius 3 is 2.75 bits per heavy atom. The van der Waals surface area contributed by atoms with E-state index in [1.165, 1.54) is 6.07 Å². The zero-order valence-corrected chi connectivity index (χ0v) is 18.9. The van der Waals surface area contributed by atoms with Crippen LogP contribution in [-0.4, -0.2) is 77.1 Å². The lowest BCUT2D eigenvalue weighted by molar-refractivity contribution is 0.0887. The third-order valence-corrected chi connectivity index (χ3v) is 5.11. The zero-order chi connectivity index (χ0) is 18.9. The molecule has 2 aliphatic heterocycles. The molecular weight excluding hydrogens is 474 g/mol. The monoisotopic (exact) mass is 506 g/mol. The minimum absolute atomic E-state index is 0. The Morgan fingerprint density at radius 2 is 2.07 bits per heavy atom. The van der Waals surface area contributed by atoms with Crippen molar-refractivity contribution in [2.24, 2.45) is 10.9 Å². The van der Waals surface area contributed by atoms with Crippen LogP contribution in [0.15, 0.2) is 29.3 Å². The van der Waals surface area contributed by atoms with Crippen molar-refractivity contribution in [2.45, 2.75) is 12.8 Å². The van der Waals surface area contributed by atoms with Crippen molar-refractivity contribution in [1.29, 1.82) is 0 Å². The SMILES string of the molecule is CN=C(NCCCOCC1CCOC1)N1CCN(c2ccccc2F)CC1.I. The Hall–Kier alpha value is -1.13. The maximum atomic E-state index is 14.0. The van der Waals surface area contributed by atoms with E-state index >= 15 is 0 Å². The molecule has 0 bridgehead atoms. The lowest BCUT2D eigenvalue weighted by atomic mass is 10.1. The number of guanidine groups is 1. The van der Waals surface area contributed by atoms with Gasteiger partial charge in [0.1, 0.15) is 5.82 Å². The number of hydrogen-bond acceptors (Lipinski definition) is 4. The van der Waals surface area contributed by atoms with Crippen LogP contribution < -0.4 is 10.2 Å². The summed E-state index contributed by atoms with van der Waals surface area (Å²) in [6, 6.07) is 6.97. The number of nitrogens with zero attached hydrogens (tertiary/aromatic N) is 3. The Balaban J connectivity index is 0.00000280. The number of anilines is 1. The summed E-state index contributed by atoms with van der Waals surface area (Å²) in [5.74, 6) is 1.32. The van der Waals surface area contributed by atoms with Crippen molar-refractivity contribution in [3.8, 4) is 0 Å². The first kappa shape index (κ1) is 23.2. The van der Waals surface area contributed by atoms with Crippen molar-refractivity contribution in [1.82, 2.24) is 10.2 Å². The van der Waals surface area contributed by atoms with Gasteiger partial charge in [-0.3, -0.25) is 4.99 Å². The number of nitrogens with one attached hydrogen (secondary N) is 1. The van der Waals surface area contributed by atoms with Crippen LogP contribution in [0.1, 0.15) is 12.8 Å². The first-order valence-electron chi connectivity index (χ1n) is 9.88. The smallest absolute Gasteiger partial charge is 0.193 e. The fraction of sp³-hybridized carbons (Fsp3) is 0.650. The summed E-state index contributed by atoms with van der Waals surface area (Å²) < 4.78 is 25.0. The Kier molecular flexibility index (Phi) is 10.3. The Bertz CT molecular complexity index is 606. The molecule has 8 heteroatoms. The van der Waals surface area contributed by atoms with Gasteiger partial charge < -0.3 is 24.6 Å². The van der Waals surface area contributed by atoms with Gasteiger partial charge in [0.15, 0.2) is 5.96 Å². The summed E-state index contributed by atoms with van der Waals surface area (Å²) in [6.45, 7) is 7.32. The number of hydrogen-bond donors (Lipinski definition) is 1. The quantitative estimate of drug-likeness (QED) is 0.267. The maximum absolute atomic E-state index is 14.0. The molecule has 1 atom stereocenters. The molecule has 0 saturated carbocycles. The van der Waals surface area contributed by atoms with Crippen molar-refractivity contribution in [3.05, 3.63) is 30.1 Å². The number of aliphatic imine (C=N–C) groups is 1. The normalized spacial score (nSPS) is 20.2. The van der Waals surface area contributed by atoms with Crippen LogP contribution in [0.25, 0.3) is 0 Å². The number of ether oxygens (including phenoxy) is 2. The molecule has 6 nitrogen and oxygen atoms in total. The van der Waals surface area contributed by atoms with E-state index in [4.69, 9.17) is 9.47 Å². The van der Waals surface area contributed by atoms with Gasteiger partial charge in [0.25, 0.3) is 0 Å². The minimum atomic E-state index is -0.155. The van der Waals surface area contributed by atoms with Crippen LogP contribution in [0.5, 0.6) is 0 Å². The summed E-state index contributed by atoms with van der Waals surface area (Å²) in [6.07, 6.45) is 2.06. The van der Waals surface area contributed by atoms with E-state index in [1.807, 2.05) is 19.2 Å². The highest BCUT2D eigenvalue weighted by molar-refractivity contribution is 14.0. The second-order valence-corrected chi connectivity index (χ2v) is 7.06. The van der Waals surface area contributed by atoms with Gasteiger partial charge >= 0.3 is 0 Å². The molecule has 28 heavy (non-hydrogen) atoms. The molecule has 2 heterocycles. The highest BCUT2D eigenvalue weighted by Gasteiger charge is 2.21. The van der Waals surface area contributed by atoms with E-state index in [9.17, 15) is 4.39 Å². The second kappa shape index (κ2) is 12.4. The molecule has 2 aliphatic rings. The molecule has 0 aliphatic carbocycles. The average Bonchev–Trinajstić information content (AvgIpc) is 3.22. The van der Waals surface area contributed by atoms with E-state index < -0.39 is 0 Å². The topological polar surface area (TPSA) is 49.3 Å². The fourth-order valence-electron chi connectivity index (χ4n) is 3.54. The van der Waals surface area contributed by atoms with E-state index in [0.29, 0.717) is 11.6 Å². The standard InChI is InChI=1S/C20H31FN4O2.HI/c1-22-20(23-8-4-13-26-15-17-7-14-27-16-17)25-11-9-24(10-12-25)19-6-3-2-5-18(19)21;/h2-3,5-6,17H,4,7-16H2,1H3,(H,22,23);1H. The number of halogens is 2. The van der Waals surface area contributed by atoms with Crippen LogP contribution in [0, 0.1) is 11.7 Å². The van der Waals surface area contributed by atoms with Gasteiger partial charge in [-0.1, -0.05) is 12.1 Å². The Labute approximate surface area is 184 Å². The summed E-state index contributed by atoms with van der Waals surface area (Å²) in [7, 11) is 1.81. The van der Waals surface area contributed by atoms with Gasteiger partial charge in [0.2, 0.25) is 0 Å². The lowest BCUT2D eigenvalue weighted by Gasteiger charge is -2.37. The molecule has 1 aromatic rings. The molecule has 2 fully saturated rings. The fourth-order valence-corrected chi connectivity index (χ4v) is 3.54. The van der Waals surface area contributed by atoms with E-state index in [1.54, 1.807) is 6.07 Å². The largest absolute Gasteiger partial charge is 0.381 e. The predicted octanol–water partition coefficient (Wildman–Crippen LogP) is 2.58. The first-order chi connectivity index (χ1) is 13.3. The third-order valence-electron chi connectivity index (χ3n) is 5.11. The summed E-state index contributed by atoms with van der Waals surface area (Å²) >= 11 is 0. The van der Waals surface area contributed by atoms with Crippen LogP contribution >= 0.6 is 24.0 Å². The predicted molar refractivity (Wildman–Crippen MR) is 121 cm³/mol. The highest BCUT2D eigenvalue weighted by atomic mass is 127. The minimum Gasteiger partial charge on any atom is -0.381 e. The highest BCUT2D eigenvalue weighted by Crippen LogP contribution is 2.20.